The molecule has 0 bridgehead atoms. The Labute approximate surface area is 231 Å². The standard InChI is InChI=1S/C27H46N2O10/c1-9-21(32)36-16-14-29(19-31)20-39-24(35)27(7,8)26(5,6)11-10-22(33)37-15-12-28(18-30)13-17-38-23(34)25(2,3)4/h18-19H,9-17,20H2,1-8H3. The fraction of sp³-hybridized carbons (Fsp3) is 0.778. The van der Waals surface area contributed by atoms with Crippen molar-refractivity contribution < 1.29 is 47.7 Å². The molecule has 0 N–H and O–H groups in total. The zero-order valence-corrected chi connectivity index (χ0v) is 24.7. The van der Waals surface area contributed by atoms with Gasteiger partial charge in [-0.15, -0.1) is 0 Å². The number of esters is 4. The van der Waals surface area contributed by atoms with Crippen LogP contribution in [0, 0.1) is 16.2 Å². The molecule has 2 amide bonds. The van der Waals surface area contributed by atoms with E-state index in [0.717, 1.165) is 0 Å². The van der Waals surface area contributed by atoms with Crippen LogP contribution in [0.5, 0.6) is 0 Å². The van der Waals surface area contributed by atoms with Crippen molar-refractivity contribution in [2.24, 2.45) is 16.2 Å². The van der Waals surface area contributed by atoms with Gasteiger partial charge in [-0.2, -0.15) is 0 Å². The van der Waals surface area contributed by atoms with Gasteiger partial charge in [0.25, 0.3) is 0 Å². The average molecular weight is 559 g/mol. The minimum Gasteiger partial charge on any atom is -0.464 e. The van der Waals surface area contributed by atoms with Crippen LogP contribution in [0.25, 0.3) is 0 Å². The van der Waals surface area contributed by atoms with E-state index in [1.54, 1.807) is 41.5 Å². The highest BCUT2D eigenvalue weighted by molar-refractivity contribution is 5.77. The van der Waals surface area contributed by atoms with Crippen LogP contribution in [0.1, 0.15) is 74.7 Å². The smallest absolute Gasteiger partial charge is 0.313 e. The van der Waals surface area contributed by atoms with Crippen molar-refractivity contribution in [3.05, 3.63) is 0 Å². The zero-order valence-electron chi connectivity index (χ0n) is 24.7. The second kappa shape index (κ2) is 16.7. The predicted molar refractivity (Wildman–Crippen MR) is 141 cm³/mol. The largest absolute Gasteiger partial charge is 0.464 e. The Morgan fingerprint density at radius 3 is 1.64 bits per heavy atom. The average Bonchev–Trinajstić information content (AvgIpc) is 2.87. The summed E-state index contributed by atoms with van der Waals surface area (Å²) < 4.78 is 20.6. The van der Waals surface area contributed by atoms with Gasteiger partial charge in [-0.3, -0.25) is 28.8 Å². The first-order valence-electron chi connectivity index (χ1n) is 13.1. The molecule has 0 aliphatic heterocycles. The van der Waals surface area contributed by atoms with Crippen molar-refractivity contribution in [2.45, 2.75) is 74.7 Å². The molecule has 0 aliphatic rings. The van der Waals surface area contributed by atoms with Crippen molar-refractivity contribution in [1.29, 1.82) is 0 Å². The summed E-state index contributed by atoms with van der Waals surface area (Å²) in [7, 11) is 0. The van der Waals surface area contributed by atoms with Gasteiger partial charge >= 0.3 is 23.9 Å². The molecular formula is C27H46N2O10. The summed E-state index contributed by atoms with van der Waals surface area (Å²) in [5.41, 5.74) is -2.31. The summed E-state index contributed by atoms with van der Waals surface area (Å²) in [6, 6.07) is 0. The van der Waals surface area contributed by atoms with Gasteiger partial charge in [-0.25, -0.2) is 0 Å². The van der Waals surface area contributed by atoms with Crippen molar-refractivity contribution in [3.8, 4) is 0 Å². The van der Waals surface area contributed by atoms with Crippen LogP contribution < -0.4 is 0 Å². The van der Waals surface area contributed by atoms with E-state index in [2.05, 4.69) is 0 Å². The SMILES string of the molecule is CCC(=O)OCCN(C=O)COC(=O)C(C)(C)C(C)(C)CCC(=O)OCCN(C=O)CCOC(=O)C(C)(C)C. The van der Waals surface area contributed by atoms with Gasteiger partial charge in [0.2, 0.25) is 12.8 Å². The molecular weight excluding hydrogens is 512 g/mol. The minimum absolute atomic E-state index is 0.00474. The maximum absolute atomic E-state index is 12.8. The third-order valence-electron chi connectivity index (χ3n) is 6.61. The predicted octanol–water partition coefficient (Wildman–Crippen LogP) is 2.32. The van der Waals surface area contributed by atoms with E-state index in [0.29, 0.717) is 19.2 Å². The lowest BCUT2D eigenvalue weighted by molar-refractivity contribution is -0.168. The highest BCUT2D eigenvalue weighted by atomic mass is 16.6. The first kappa shape index (κ1) is 35.8. The Morgan fingerprint density at radius 1 is 0.667 bits per heavy atom. The highest BCUT2D eigenvalue weighted by Crippen LogP contribution is 2.43. The normalized spacial score (nSPS) is 11.7. The summed E-state index contributed by atoms with van der Waals surface area (Å²) in [5, 5.41) is 0. The van der Waals surface area contributed by atoms with Crippen LogP contribution >= 0.6 is 0 Å². The Balaban J connectivity index is 4.58. The van der Waals surface area contributed by atoms with E-state index >= 15 is 0 Å². The Bertz CT molecular complexity index is 833. The van der Waals surface area contributed by atoms with Crippen LogP contribution in [-0.2, 0) is 47.7 Å². The molecule has 0 atom stereocenters. The summed E-state index contributed by atoms with van der Waals surface area (Å²) in [5.74, 6) is -1.79. The lowest BCUT2D eigenvalue weighted by Crippen LogP contribution is -2.43. The summed E-state index contributed by atoms with van der Waals surface area (Å²) in [4.78, 5) is 73.2. The van der Waals surface area contributed by atoms with Gasteiger partial charge in [0, 0.05) is 12.8 Å². The van der Waals surface area contributed by atoms with Crippen LogP contribution in [-0.4, -0.2) is 92.7 Å². The van der Waals surface area contributed by atoms with E-state index < -0.39 is 28.2 Å². The number of hydrogen-bond acceptors (Lipinski definition) is 10. The number of carbonyl (C=O) groups is 6. The minimum atomic E-state index is -1.00. The van der Waals surface area contributed by atoms with Crippen LogP contribution in [0.2, 0.25) is 0 Å². The topological polar surface area (TPSA) is 146 Å². The Morgan fingerprint density at radius 2 is 1.15 bits per heavy atom. The van der Waals surface area contributed by atoms with E-state index in [4.69, 9.17) is 18.9 Å². The van der Waals surface area contributed by atoms with E-state index in [1.807, 2.05) is 13.8 Å². The number of amides is 2. The number of ether oxygens (including phenoxy) is 4. The lowest BCUT2D eigenvalue weighted by atomic mass is 9.65. The first-order valence-corrected chi connectivity index (χ1v) is 13.1. The van der Waals surface area contributed by atoms with Crippen LogP contribution in [0.3, 0.4) is 0 Å². The third-order valence-corrected chi connectivity index (χ3v) is 6.61. The molecule has 0 aromatic rings. The second-order valence-corrected chi connectivity index (χ2v) is 11.3. The monoisotopic (exact) mass is 558 g/mol. The highest BCUT2D eigenvalue weighted by Gasteiger charge is 2.44. The van der Waals surface area contributed by atoms with Crippen molar-refractivity contribution in [3.63, 3.8) is 0 Å². The molecule has 0 aromatic heterocycles. The zero-order chi connectivity index (χ0) is 30.3. The third kappa shape index (κ3) is 13.4. The molecule has 224 valence electrons. The maximum Gasteiger partial charge on any atom is 0.313 e. The fourth-order valence-corrected chi connectivity index (χ4v) is 2.89. The van der Waals surface area contributed by atoms with Crippen LogP contribution in [0.4, 0.5) is 0 Å². The van der Waals surface area contributed by atoms with E-state index in [9.17, 15) is 28.8 Å². The first-order chi connectivity index (χ1) is 18.0. The molecule has 0 heterocycles. The summed E-state index contributed by atoms with van der Waals surface area (Å²) >= 11 is 0. The molecule has 0 fully saturated rings. The molecule has 0 unspecified atom stereocenters. The number of hydrogen-bond donors (Lipinski definition) is 0. The number of rotatable bonds is 19. The molecule has 0 spiro atoms. The van der Waals surface area contributed by atoms with Gasteiger partial charge < -0.3 is 28.7 Å². The molecule has 12 nitrogen and oxygen atoms in total. The second-order valence-electron chi connectivity index (χ2n) is 11.3. The molecule has 0 rings (SSSR count). The van der Waals surface area contributed by atoms with E-state index in [1.165, 1.54) is 9.80 Å². The quantitative estimate of drug-likeness (QED) is 0.100. The Hall–Kier alpha value is -3.18. The number of nitrogens with zero attached hydrogens (tertiary/aromatic N) is 2. The molecule has 0 aromatic carbocycles. The maximum atomic E-state index is 12.8. The van der Waals surface area contributed by atoms with Gasteiger partial charge in [-0.05, 0) is 46.5 Å². The molecule has 39 heavy (non-hydrogen) atoms. The molecule has 0 radical (unpaired) electrons. The molecule has 0 aliphatic carbocycles. The van der Waals surface area contributed by atoms with Crippen LogP contribution in [0.15, 0.2) is 0 Å². The molecule has 0 saturated carbocycles. The molecule has 0 saturated heterocycles. The van der Waals surface area contributed by atoms with Gasteiger partial charge in [0.1, 0.15) is 19.8 Å². The van der Waals surface area contributed by atoms with Crippen molar-refractivity contribution in [2.75, 3.05) is 46.2 Å². The van der Waals surface area contributed by atoms with Crippen molar-refractivity contribution >= 4 is 36.7 Å². The van der Waals surface area contributed by atoms with Crippen molar-refractivity contribution in [1.82, 2.24) is 9.80 Å². The lowest BCUT2D eigenvalue weighted by Gasteiger charge is -2.39. The van der Waals surface area contributed by atoms with Gasteiger partial charge in [-0.1, -0.05) is 20.8 Å². The number of carbonyl (C=O) groups excluding carboxylic acids is 6. The summed E-state index contributed by atoms with van der Waals surface area (Å²) in [6.07, 6.45) is 1.68. The fourth-order valence-electron chi connectivity index (χ4n) is 2.89. The Kier molecular flexibility index (Phi) is 15.3. The summed E-state index contributed by atoms with van der Waals surface area (Å²) in [6.45, 7) is 14.0. The van der Waals surface area contributed by atoms with Gasteiger partial charge in [0.15, 0.2) is 6.73 Å². The molecule has 12 heteroatoms. The van der Waals surface area contributed by atoms with E-state index in [-0.39, 0.29) is 71.0 Å². The van der Waals surface area contributed by atoms with Gasteiger partial charge in [0.05, 0.1) is 30.5 Å².